The van der Waals surface area contributed by atoms with Gasteiger partial charge in [-0.2, -0.15) is 4.89 Å². The van der Waals surface area contributed by atoms with Gasteiger partial charge in [-0.15, -0.1) is 0 Å². The first-order chi connectivity index (χ1) is 10.6. The second-order valence-corrected chi connectivity index (χ2v) is 5.16. The van der Waals surface area contributed by atoms with Gasteiger partial charge in [0, 0.05) is 0 Å². The van der Waals surface area contributed by atoms with Crippen LogP contribution >= 0.6 is 0 Å². The quantitative estimate of drug-likeness (QED) is 0.637. The average Bonchev–Trinajstić information content (AvgIpc) is 2.53. The van der Waals surface area contributed by atoms with Crippen molar-refractivity contribution in [2.24, 2.45) is 0 Å². The Bertz CT molecular complexity index is 622. The average molecular weight is 300 g/mol. The second-order valence-electron chi connectivity index (χ2n) is 5.16. The Kier molecular flexibility index (Phi) is 5.55. The summed E-state index contributed by atoms with van der Waals surface area (Å²) in [7, 11) is 0. The van der Waals surface area contributed by atoms with Crippen LogP contribution in [-0.4, -0.2) is 17.2 Å². The van der Waals surface area contributed by atoms with E-state index in [1.54, 1.807) is 6.07 Å². The van der Waals surface area contributed by atoms with Crippen molar-refractivity contribution in [3.8, 4) is 16.9 Å². The number of benzene rings is 2. The smallest absolute Gasteiger partial charge is 0.373 e. The van der Waals surface area contributed by atoms with Gasteiger partial charge in [-0.25, -0.2) is 4.79 Å². The van der Waals surface area contributed by atoms with Crippen molar-refractivity contribution in [1.29, 1.82) is 0 Å². The highest BCUT2D eigenvalue weighted by Crippen LogP contribution is 2.28. The maximum atomic E-state index is 12.2. The fraction of sp³-hybridized carbons (Fsp3) is 0.278. The first-order valence-corrected chi connectivity index (χ1v) is 7.38. The molecule has 2 aromatic rings. The summed E-state index contributed by atoms with van der Waals surface area (Å²) in [6, 6.07) is 13.9. The molecule has 1 unspecified atom stereocenters. The molecular formula is C18H20O4. The summed E-state index contributed by atoms with van der Waals surface area (Å²) in [6.07, 6.45) is 1.62. The minimum atomic E-state index is -0.568. The van der Waals surface area contributed by atoms with E-state index in [9.17, 15) is 9.90 Å². The van der Waals surface area contributed by atoms with E-state index in [1.165, 1.54) is 12.1 Å². The summed E-state index contributed by atoms with van der Waals surface area (Å²) >= 11 is 0. The number of phenols is 1. The molecular weight excluding hydrogens is 280 g/mol. The lowest BCUT2D eigenvalue weighted by Crippen LogP contribution is -2.14. The van der Waals surface area contributed by atoms with Crippen molar-refractivity contribution in [1.82, 2.24) is 0 Å². The van der Waals surface area contributed by atoms with Crippen molar-refractivity contribution in [2.75, 3.05) is 0 Å². The predicted octanol–water partition coefficient (Wildman–Crippen LogP) is 4.34. The zero-order valence-electron chi connectivity index (χ0n) is 12.8. The van der Waals surface area contributed by atoms with E-state index < -0.39 is 5.97 Å². The first kappa shape index (κ1) is 16.0. The van der Waals surface area contributed by atoms with Gasteiger partial charge in [0.2, 0.25) is 0 Å². The molecule has 0 saturated heterocycles. The van der Waals surface area contributed by atoms with Gasteiger partial charge in [-0.05, 0) is 42.7 Å². The van der Waals surface area contributed by atoms with Crippen molar-refractivity contribution in [2.45, 2.75) is 32.8 Å². The number of hydrogen-bond acceptors (Lipinski definition) is 4. The van der Waals surface area contributed by atoms with Gasteiger partial charge in [0.15, 0.2) is 0 Å². The summed E-state index contributed by atoms with van der Waals surface area (Å²) in [5, 5.41) is 9.69. The lowest BCUT2D eigenvalue weighted by molar-refractivity contribution is -0.271. The van der Waals surface area contributed by atoms with Crippen LogP contribution in [0.1, 0.15) is 37.0 Å². The molecule has 2 rings (SSSR count). The maximum absolute atomic E-state index is 12.2. The minimum absolute atomic E-state index is 0.0932. The molecule has 0 spiro atoms. The topological polar surface area (TPSA) is 55.8 Å². The van der Waals surface area contributed by atoms with Gasteiger partial charge < -0.3 is 5.11 Å². The van der Waals surface area contributed by atoms with Crippen LogP contribution in [0.2, 0.25) is 0 Å². The number of hydrogen-bond donors (Lipinski definition) is 1. The number of rotatable bonds is 6. The SMILES string of the molecule is CCCC(C)OOC(=O)c1ccc(O)cc1-c1ccccc1. The highest BCUT2D eigenvalue weighted by Gasteiger charge is 2.17. The molecule has 0 radical (unpaired) electrons. The molecule has 0 aliphatic carbocycles. The summed E-state index contributed by atoms with van der Waals surface area (Å²) in [4.78, 5) is 22.3. The molecule has 4 heteroatoms. The van der Waals surface area contributed by atoms with Gasteiger partial charge in [-0.3, -0.25) is 4.89 Å². The van der Waals surface area contributed by atoms with Crippen LogP contribution in [0.3, 0.4) is 0 Å². The molecule has 0 aliphatic rings. The van der Waals surface area contributed by atoms with Gasteiger partial charge in [0.1, 0.15) is 11.9 Å². The third kappa shape index (κ3) is 4.09. The largest absolute Gasteiger partial charge is 0.508 e. The van der Waals surface area contributed by atoms with E-state index in [-0.39, 0.29) is 11.9 Å². The molecule has 0 saturated carbocycles. The molecule has 22 heavy (non-hydrogen) atoms. The molecule has 0 aromatic heterocycles. The number of aromatic hydroxyl groups is 1. The first-order valence-electron chi connectivity index (χ1n) is 7.38. The Balaban J connectivity index is 2.22. The lowest BCUT2D eigenvalue weighted by atomic mass is 9.99. The number of phenolic OH excluding ortho intramolecular Hbond substituents is 1. The molecule has 0 amide bonds. The van der Waals surface area contributed by atoms with Crippen LogP contribution in [0.25, 0.3) is 11.1 Å². The Morgan fingerprint density at radius 1 is 1.18 bits per heavy atom. The summed E-state index contributed by atoms with van der Waals surface area (Å²) in [6.45, 7) is 3.89. The molecule has 0 aliphatic heterocycles. The summed E-state index contributed by atoms with van der Waals surface area (Å²) in [5.74, 6) is -0.475. The van der Waals surface area contributed by atoms with Crippen molar-refractivity contribution in [3.05, 3.63) is 54.1 Å². The lowest BCUT2D eigenvalue weighted by Gasteiger charge is -2.12. The van der Waals surface area contributed by atoms with E-state index in [0.717, 1.165) is 18.4 Å². The summed E-state index contributed by atoms with van der Waals surface area (Å²) < 4.78 is 0. The zero-order valence-corrected chi connectivity index (χ0v) is 12.8. The molecule has 1 atom stereocenters. The van der Waals surface area contributed by atoms with Crippen LogP contribution in [0.4, 0.5) is 0 Å². The van der Waals surface area contributed by atoms with Crippen molar-refractivity contribution in [3.63, 3.8) is 0 Å². The molecule has 4 nitrogen and oxygen atoms in total. The molecule has 0 fully saturated rings. The maximum Gasteiger partial charge on any atom is 0.373 e. The van der Waals surface area contributed by atoms with Crippen LogP contribution in [0.5, 0.6) is 5.75 Å². The van der Waals surface area contributed by atoms with E-state index in [0.29, 0.717) is 11.1 Å². The fourth-order valence-electron chi connectivity index (χ4n) is 2.19. The highest BCUT2D eigenvalue weighted by molar-refractivity contribution is 5.97. The predicted molar refractivity (Wildman–Crippen MR) is 84.4 cm³/mol. The summed E-state index contributed by atoms with van der Waals surface area (Å²) in [5.41, 5.74) is 1.79. The molecule has 1 N–H and O–H groups in total. The standard InChI is InChI=1S/C18H20O4/c1-3-7-13(2)21-22-18(20)16-11-10-15(19)12-17(16)14-8-5-4-6-9-14/h4-6,8-13,19H,3,7H2,1-2H3. The van der Waals surface area contributed by atoms with Gasteiger partial charge >= 0.3 is 5.97 Å². The van der Waals surface area contributed by atoms with Gasteiger partial charge in [-0.1, -0.05) is 43.7 Å². The molecule has 0 bridgehead atoms. The number of carbonyl (C=O) groups is 1. The van der Waals surface area contributed by atoms with Crippen molar-refractivity contribution < 1.29 is 19.7 Å². The Morgan fingerprint density at radius 2 is 1.91 bits per heavy atom. The van der Waals surface area contributed by atoms with Crippen molar-refractivity contribution >= 4 is 5.97 Å². The van der Waals surface area contributed by atoms with E-state index in [1.807, 2.05) is 44.2 Å². The van der Waals surface area contributed by atoms with E-state index in [2.05, 4.69) is 0 Å². The fourth-order valence-corrected chi connectivity index (χ4v) is 2.19. The van der Waals surface area contributed by atoms with Crippen LogP contribution in [0, 0.1) is 0 Å². The van der Waals surface area contributed by atoms with Crippen LogP contribution < -0.4 is 0 Å². The van der Waals surface area contributed by atoms with Crippen LogP contribution in [-0.2, 0) is 9.78 Å². The Labute approximate surface area is 130 Å². The molecule has 116 valence electrons. The monoisotopic (exact) mass is 300 g/mol. The van der Waals surface area contributed by atoms with E-state index >= 15 is 0 Å². The van der Waals surface area contributed by atoms with Gasteiger partial charge in [0.05, 0.1) is 5.56 Å². The van der Waals surface area contributed by atoms with Gasteiger partial charge in [0.25, 0.3) is 0 Å². The van der Waals surface area contributed by atoms with E-state index in [4.69, 9.17) is 9.78 Å². The van der Waals surface area contributed by atoms with Crippen LogP contribution in [0.15, 0.2) is 48.5 Å². The normalized spacial score (nSPS) is 11.9. The Morgan fingerprint density at radius 3 is 2.59 bits per heavy atom. The highest BCUT2D eigenvalue weighted by atomic mass is 17.2. The third-order valence-electron chi connectivity index (χ3n) is 3.29. The zero-order chi connectivity index (χ0) is 15.9. The second kappa shape index (κ2) is 7.61. The third-order valence-corrected chi connectivity index (χ3v) is 3.29. The molecule has 2 aromatic carbocycles. The minimum Gasteiger partial charge on any atom is -0.508 e. The number of carbonyl (C=O) groups excluding carboxylic acids is 1. The molecule has 0 heterocycles. The Hall–Kier alpha value is -2.33.